The van der Waals surface area contributed by atoms with Crippen molar-refractivity contribution in [2.75, 3.05) is 39.3 Å². The van der Waals surface area contributed by atoms with Crippen molar-refractivity contribution in [2.45, 2.75) is 19.0 Å². The van der Waals surface area contributed by atoms with Gasteiger partial charge in [0.1, 0.15) is 0 Å². The first-order valence-corrected chi connectivity index (χ1v) is 8.38. The van der Waals surface area contributed by atoms with Gasteiger partial charge in [-0.2, -0.15) is 0 Å². The minimum atomic E-state index is 0. The van der Waals surface area contributed by atoms with Crippen LogP contribution in [-0.4, -0.2) is 55.1 Å². The van der Waals surface area contributed by atoms with Gasteiger partial charge in [-0.1, -0.05) is 0 Å². The van der Waals surface area contributed by atoms with Gasteiger partial charge in [-0.15, -0.1) is 23.7 Å². The van der Waals surface area contributed by atoms with Crippen molar-refractivity contribution < 1.29 is 0 Å². The van der Waals surface area contributed by atoms with Crippen LogP contribution in [0, 0.1) is 0 Å². The molecule has 1 atom stereocenters. The third-order valence-electron chi connectivity index (χ3n) is 3.96. The molecule has 0 radical (unpaired) electrons. The molecule has 19 heavy (non-hydrogen) atoms. The van der Waals surface area contributed by atoms with Crippen molar-refractivity contribution in [1.29, 1.82) is 0 Å². The lowest BCUT2D eigenvalue weighted by atomic mass is 10.2. The molecular formula is C13H21BrClN3S. The number of hydrogen-bond acceptors (Lipinski definition) is 4. The maximum atomic E-state index is 3.53. The minimum absolute atomic E-state index is 0. The normalized spacial score (nSPS) is 25.4. The number of nitrogens with zero attached hydrogens (tertiary/aromatic N) is 2. The first-order chi connectivity index (χ1) is 8.81. The Hall–Kier alpha value is 0.350. The number of thiophene rings is 1. The first-order valence-electron chi connectivity index (χ1n) is 6.71. The largest absolute Gasteiger partial charge is 0.315 e. The molecule has 1 N–H and O–H groups in total. The predicted octanol–water partition coefficient (Wildman–Crippen LogP) is 2.41. The SMILES string of the molecule is Brc1csc(CN2CCN(C3CCNC3)CC2)c1.Cl. The summed E-state index contributed by atoms with van der Waals surface area (Å²) in [6, 6.07) is 3.04. The number of rotatable bonds is 3. The first kappa shape index (κ1) is 15.7. The molecule has 2 saturated heterocycles. The van der Waals surface area contributed by atoms with E-state index in [-0.39, 0.29) is 12.4 Å². The van der Waals surface area contributed by atoms with Gasteiger partial charge in [0.25, 0.3) is 0 Å². The Morgan fingerprint density at radius 3 is 2.68 bits per heavy atom. The fraction of sp³-hybridized carbons (Fsp3) is 0.692. The van der Waals surface area contributed by atoms with E-state index in [9.17, 15) is 0 Å². The lowest BCUT2D eigenvalue weighted by Gasteiger charge is -2.37. The summed E-state index contributed by atoms with van der Waals surface area (Å²) in [6.45, 7) is 8.41. The van der Waals surface area contributed by atoms with Gasteiger partial charge >= 0.3 is 0 Å². The fourth-order valence-corrected chi connectivity index (χ4v) is 4.39. The van der Waals surface area contributed by atoms with Gasteiger partial charge in [0.15, 0.2) is 0 Å². The van der Waals surface area contributed by atoms with Crippen LogP contribution in [0.25, 0.3) is 0 Å². The van der Waals surface area contributed by atoms with Gasteiger partial charge in [0.05, 0.1) is 0 Å². The van der Waals surface area contributed by atoms with Crippen LogP contribution in [0.5, 0.6) is 0 Å². The van der Waals surface area contributed by atoms with Crippen LogP contribution in [0.1, 0.15) is 11.3 Å². The van der Waals surface area contributed by atoms with Crippen molar-refractivity contribution in [1.82, 2.24) is 15.1 Å². The van der Waals surface area contributed by atoms with Crippen molar-refractivity contribution >= 4 is 39.7 Å². The van der Waals surface area contributed by atoms with Crippen LogP contribution in [0.2, 0.25) is 0 Å². The van der Waals surface area contributed by atoms with Gasteiger partial charge in [0, 0.05) is 60.0 Å². The van der Waals surface area contributed by atoms with E-state index in [0.29, 0.717) is 0 Å². The van der Waals surface area contributed by atoms with E-state index in [1.807, 2.05) is 11.3 Å². The maximum Gasteiger partial charge on any atom is 0.0329 e. The van der Waals surface area contributed by atoms with E-state index < -0.39 is 0 Å². The molecular weight excluding hydrogens is 346 g/mol. The van der Waals surface area contributed by atoms with E-state index in [2.05, 4.69) is 42.5 Å². The zero-order chi connectivity index (χ0) is 12.4. The molecule has 2 aliphatic heterocycles. The maximum absolute atomic E-state index is 3.53. The van der Waals surface area contributed by atoms with Crippen molar-refractivity contribution in [2.24, 2.45) is 0 Å². The Morgan fingerprint density at radius 2 is 2.11 bits per heavy atom. The number of nitrogens with one attached hydrogen (secondary N) is 1. The molecule has 0 spiro atoms. The second-order valence-corrected chi connectivity index (χ2v) is 7.10. The molecule has 1 aromatic heterocycles. The third-order valence-corrected chi connectivity index (χ3v) is 5.64. The fourth-order valence-electron chi connectivity index (χ4n) is 2.89. The van der Waals surface area contributed by atoms with E-state index >= 15 is 0 Å². The third kappa shape index (κ3) is 4.16. The van der Waals surface area contributed by atoms with E-state index in [4.69, 9.17) is 0 Å². The molecule has 1 unspecified atom stereocenters. The number of hydrogen-bond donors (Lipinski definition) is 1. The second-order valence-electron chi connectivity index (χ2n) is 5.19. The molecule has 0 aliphatic carbocycles. The highest BCUT2D eigenvalue weighted by atomic mass is 79.9. The average molecular weight is 367 g/mol. The summed E-state index contributed by atoms with van der Waals surface area (Å²) in [4.78, 5) is 6.72. The second kappa shape index (κ2) is 7.38. The molecule has 108 valence electrons. The van der Waals surface area contributed by atoms with Crippen LogP contribution in [0.4, 0.5) is 0 Å². The van der Waals surface area contributed by atoms with Gasteiger partial charge in [0.2, 0.25) is 0 Å². The van der Waals surface area contributed by atoms with Gasteiger partial charge < -0.3 is 5.32 Å². The Labute approximate surface area is 133 Å². The van der Waals surface area contributed by atoms with Gasteiger partial charge in [-0.3, -0.25) is 9.80 Å². The summed E-state index contributed by atoms with van der Waals surface area (Å²) in [6.07, 6.45) is 1.33. The zero-order valence-electron chi connectivity index (χ0n) is 11.0. The summed E-state index contributed by atoms with van der Waals surface area (Å²) >= 11 is 5.39. The van der Waals surface area contributed by atoms with E-state index in [1.54, 1.807) is 0 Å². The van der Waals surface area contributed by atoms with Crippen LogP contribution in [0.15, 0.2) is 15.9 Å². The van der Waals surface area contributed by atoms with Gasteiger partial charge in [-0.25, -0.2) is 0 Å². The molecule has 3 rings (SSSR count). The van der Waals surface area contributed by atoms with Crippen LogP contribution in [0.3, 0.4) is 0 Å². The standard InChI is InChI=1S/C13H20BrN3S.ClH/c14-11-7-13(18-10-11)9-16-3-5-17(6-4-16)12-1-2-15-8-12;/h7,10,12,15H,1-6,8-9H2;1H. The summed E-state index contributed by atoms with van der Waals surface area (Å²) < 4.78 is 1.22. The minimum Gasteiger partial charge on any atom is -0.315 e. The van der Waals surface area contributed by atoms with Crippen molar-refractivity contribution in [3.8, 4) is 0 Å². The van der Waals surface area contributed by atoms with Crippen LogP contribution < -0.4 is 5.32 Å². The molecule has 2 aliphatic rings. The predicted molar refractivity (Wildman–Crippen MR) is 87.4 cm³/mol. The lowest BCUT2D eigenvalue weighted by Crippen LogP contribution is -2.50. The number of halogens is 2. The van der Waals surface area contributed by atoms with Crippen molar-refractivity contribution in [3.05, 3.63) is 20.8 Å². The Morgan fingerprint density at radius 1 is 1.32 bits per heavy atom. The van der Waals surface area contributed by atoms with Gasteiger partial charge in [-0.05, 0) is 35.0 Å². The van der Waals surface area contributed by atoms with Crippen molar-refractivity contribution in [3.63, 3.8) is 0 Å². The smallest absolute Gasteiger partial charge is 0.0329 e. The molecule has 3 nitrogen and oxygen atoms in total. The highest BCUT2D eigenvalue weighted by Crippen LogP contribution is 2.22. The summed E-state index contributed by atoms with van der Waals surface area (Å²) in [5.74, 6) is 0. The highest BCUT2D eigenvalue weighted by Gasteiger charge is 2.25. The topological polar surface area (TPSA) is 18.5 Å². The zero-order valence-corrected chi connectivity index (χ0v) is 14.2. The highest BCUT2D eigenvalue weighted by molar-refractivity contribution is 9.10. The molecule has 0 amide bonds. The molecule has 3 heterocycles. The summed E-state index contributed by atoms with van der Waals surface area (Å²) in [5, 5.41) is 5.64. The van der Waals surface area contributed by atoms with Crippen LogP contribution >= 0.6 is 39.7 Å². The quantitative estimate of drug-likeness (QED) is 0.886. The molecule has 0 saturated carbocycles. The monoisotopic (exact) mass is 365 g/mol. The lowest BCUT2D eigenvalue weighted by molar-refractivity contribution is 0.0987. The van der Waals surface area contributed by atoms with Crippen LogP contribution in [-0.2, 0) is 6.54 Å². The average Bonchev–Trinajstić information content (AvgIpc) is 3.02. The molecule has 2 fully saturated rings. The van der Waals surface area contributed by atoms with E-state index in [0.717, 1.165) is 12.6 Å². The Kier molecular flexibility index (Phi) is 6.11. The molecule has 0 aromatic carbocycles. The summed E-state index contributed by atoms with van der Waals surface area (Å²) in [7, 11) is 0. The van der Waals surface area contributed by atoms with E-state index in [1.165, 1.54) is 55.0 Å². The Bertz CT molecular complexity index is 387. The molecule has 0 bridgehead atoms. The molecule has 6 heteroatoms. The summed E-state index contributed by atoms with van der Waals surface area (Å²) in [5.41, 5.74) is 0. The number of piperazine rings is 1. The molecule has 1 aromatic rings. The Balaban J connectivity index is 0.00000133.